The minimum atomic E-state index is -0.470. The first kappa shape index (κ1) is 44.4. The molecule has 0 spiro atoms. The Morgan fingerprint density at radius 2 is 1.06 bits per heavy atom. The van der Waals surface area contributed by atoms with Crippen LogP contribution in [0.5, 0.6) is 0 Å². The first-order valence-corrected chi connectivity index (χ1v) is 24.7. The molecule has 0 saturated heterocycles. The third-order valence-electron chi connectivity index (χ3n) is 14.5. The number of aryl methyl sites for hydroxylation is 3. The summed E-state index contributed by atoms with van der Waals surface area (Å²) in [7, 11) is 0. The van der Waals surface area contributed by atoms with Crippen LogP contribution in [0.3, 0.4) is 0 Å². The minimum Gasteiger partial charge on any atom is -0.447 e. The van der Waals surface area contributed by atoms with E-state index < -0.39 is 13.7 Å². The van der Waals surface area contributed by atoms with Gasteiger partial charge in [0.25, 0.3) is 5.70 Å². The molecule has 72 heavy (non-hydrogen) atoms. The zero-order chi connectivity index (χ0) is 48.9. The lowest BCUT2D eigenvalue weighted by atomic mass is 9.49. The number of rotatable bonds is 10. The molecule has 0 N–H and O–H groups in total. The molecule has 1 fully saturated rings. The lowest BCUT2D eigenvalue weighted by Crippen LogP contribution is -2.54. The molecule has 0 unspecified atom stereocenters. The third kappa shape index (κ3) is 7.55. The molecule has 0 bridgehead atoms. The van der Waals surface area contributed by atoms with Crippen molar-refractivity contribution in [2.24, 2.45) is 0 Å². The standard InChI is InChI=1S/C62H48B2N6O2/c1-40-33-35-50-52(37-40)71-61(67-50)49(39-65)59-55-54(57(43-22-18-19-23-43)69(59)63(44-24-9-5-10-25-44)45-26-11-6-12-27-45)60(56(66-4)62-68-51-36-34-41(2)38-53(51)72-62)70(58(55)48-32-20-17-21-42(48)3)64(46-28-13-7-14-29-46)47-30-15-8-16-31-47/h5-17,20-21,24-38,43H,18-19,22-23H2,1-3H3/b59-49-,60-56+. The van der Waals surface area contributed by atoms with Crippen LogP contribution in [-0.2, 0) is 0 Å². The van der Waals surface area contributed by atoms with Crippen LogP contribution in [0.15, 0.2) is 191 Å². The Labute approximate surface area is 418 Å². The van der Waals surface area contributed by atoms with Gasteiger partial charge in [-0.25, -0.2) is 14.8 Å². The van der Waals surface area contributed by atoms with Crippen molar-refractivity contribution >= 4 is 79.8 Å². The largest absolute Gasteiger partial charge is 0.447 e. The van der Waals surface area contributed by atoms with Crippen molar-refractivity contribution in [1.29, 1.82) is 5.26 Å². The Morgan fingerprint density at radius 3 is 1.56 bits per heavy atom. The maximum atomic E-state index is 12.1. The normalized spacial score (nSPS) is 13.6. The Hall–Kier alpha value is -8.85. The molecule has 0 amide bonds. The van der Waals surface area contributed by atoms with E-state index in [0.717, 1.165) is 91.9 Å². The number of hydrogen-bond acceptors (Lipinski definition) is 5. The molecule has 0 atom stereocenters. The highest BCUT2D eigenvalue weighted by Crippen LogP contribution is 2.41. The van der Waals surface area contributed by atoms with E-state index in [9.17, 15) is 11.8 Å². The van der Waals surface area contributed by atoms with Crippen molar-refractivity contribution in [2.45, 2.75) is 52.4 Å². The average molecular weight is 931 g/mol. The van der Waals surface area contributed by atoms with E-state index in [-0.39, 0.29) is 23.4 Å². The van der Waals surface area contributed by atoms with E-state index >= 15 is 0 Å². The fourth-order valence-corrected chi connectivity index (χ4v) is 11.3. The number of nitriles is 1. The number of hydrogen-bond donors (Lipinski definition) is 0. The topological polar surface area (TPSA) is 90.1 Å². The van der Waals surface area contributed by atoms with Crippen molar-refractivity contribution in [2.75, 3.05) is 0 Å². The summed E-state index contributed by atoms with van der Waals surface area (Å²) in [5, 5.41) is 15.2. The molecule has 344 valence electrons. The van der Waals surface area contributed by atoms with Crippen molar-refractivity contribution in [3.63, 3.8) is 0 Å². The Kier molecular flexibility index (Phi) is 11.4. The van der Waals surface area contributed by atoms with E-state index in [1.165, 1.54) is 0 Å². The van der Waals surface area contributed by atoms with Crippen molar-refractivity contribution in [3.8, 4) is 17.3 Å². The first-order chi connectivity index (χ1) is 35.4. The molecular formula is C62H48B2N6O2. The molecule has 12 rings (SSSR count). The smallest absolute Gasteiger partial charge is 0.327 e. The molecule has 4 heterocycles. The lowest BCUT2D eigenvalue weighted by molar-refractivity contribution is 0.584. The highest BCUT2D eigenvalue weighted by atomic mass is 16.4. The van der Waals surface area contributed by atoms with Crippen LogP contribution in [0, 0.1) is 38.7 Å². The number of fused-ring (bicyclic) bond motifs is 3. The van der Waals surface area contributed by atoms with Crippen molar-refractivity contribution in [1.82, 2.24) is 18.9 Å². The van der Waals surface area contributed by atoms with Gasteiger partial charge >= 0.3 is 13.7 Å². The lowest BCUT2D eigenvalue weighted by Gasteiger charge is -2.26. The molecule has 1 aliphatic carbocycles. The summed E-state index contributed by atoms with van der Waals surface area (Å²) in [4.78, 5) is 14.9. The van der Waals surface area contributed by atoms with Crippen molar-refractivity contribution < 1.29 is 8.83 Å². The molecule has 4 aromatic heterocycles. The highest BCUT2D eigenvalue weighted by Gasteiger charge is 2.39. The van der Waals surface area contributed by atoms with E-state index in [4.69, 9.17) is 18.8 Å². The molecule has 11 aromatic rings. The maximum absolute atomic E-state index is 12.1. The van der Waals surface area contributed by atoms with Gasteiger partial charge in [0.05, 0.1) is 11.9 Å². The second-order valence-electron chi connectivity index (χ2n) is 19.1. The second kappa shape index (κ2) is 18.5. The summed E-state index contributed by atoms with van der Waals surface area (Å²) >= 11 is 0. The summed E-state index contributed by atoms with van der Waals surface area (Å²) in [6, 6.07) is 65.4. The van der Waals surface area contributed by atoms with Crippen molar-refractivity contribution in [3.05, 3.63) is 238 Å². The zero-order valence-corrected chi connectivity index (χ0v) is 40.4. The van der Waals surface area contributed by atoms with Gasteiger partial charge in [0.15, 0.2) is 11.2 Å². The predicted octanol–water partition coefficient (Wildman–Crippen LogP) is 10.1. The van der Waals surface area contributed by atoms with Gasteiger partial charge in [-0.15, -0.1) is 0 Å². The summed E-state index contributed by atoms with van der Waals surface area (Å²) in [5.74, 6) is 0.496. The minimum absolute atomic E-state index is 0.0342. The Balaban J connectivity index is 1.43. The zero-order valence-electron chi connectivity index (χ0n) is 40.4. The fraction of sp³-hybridized carbons (Fsp3) is 0.129. The summed E-state index contributed by atoms with van der Waals surface area (Å²) < 4.78 is 18.4. The van der Waals surface area contributed by atoms with E-state index in [1.54, 1.807) is 0 Å². The molecule has 1 saturated carbocycles. The van der Waals surface area contributed by atoms with E-state index in [1.807, 2.05) is 74.5 Å². The molecule has 1 aliphatic rings. The molecule has 0 radical (unpaired) electrons. The highest BCUT2D eigenvalue weighted by molar-refractivity contribution is 6.85. The van der Waals surface area contributed by atoms with E-state index in [0.29, 0.717) is 38.5 Å². The summed E-state index contributed by atoms with van der Waals surface area (Å²) in [5.41, 5.74) is 13.2. The van der Waals surface area contributed by atoms with Gasteiger partial charge in [0, 0.05) is 33.1 Å². The molecule has 8 nitrogen and oxygen atoms in total. The third-order valence-corrected chi connectivity index (χ3v) is 14.5. The van der Waals surface area contributed by atoms with E-state index in [2.05, 4.69) is 148 Å². The van der Waals surface area contributed by atoms with Crippen LogP contribution in [0.25, 0.3) is 60.3 Å². The summed E-state index contributed by atoms with van der Waals surface area (Å²) in [6.45, 7) is 14.8. The summed E-state index contributed by atoms with van der Waals surface area (Å²) in [6.07, 6.45) is 3.90. The molecule has 0 aliphatic heterocycles. The van der Waals surface area contributed by atoms with Crippen LogP contribution in [0.2, 0.25) is 0 Å². The fourth-order valence-electron chi connectivity index (χ4n) is 11.3. The number of aromatic nitrogens is 4. The van der Waals surface area contributed by atoms with Gasteiger partial charge in [0.1, 0.15) is 22.7 Å². The molecule has 10 heteroatoms. The van der Waals surface area contributed by atoms with Crippen LogP contribution in [0.1, 0.15) is 65.8 Å². The number of benzene rings is 7. The van der Waals surface area contributed by atoms with Gasteiger partial charge in [-0.2, -0.15) is 5.26 Å². The van der Waals surface area contributed by atoms with Gasteiger partial charge in [-0.1, -0.05) is 192 Å². The number of oxazole rings is 2. The van der Waals surface area contributed by atoms with Crippen LogP contribution < -0.4 is 32.5 Å². The van der Waals surface area contributed by atoms with Crippen LogP contribution in [-0.4, -0.2) is 32.6 Å². The molecule has 7 aromatic carbocycles. The van der Waals surface area contributed by atoms with Gasteiger partial charge in [-0.05, 0) is 80.5 Å². The maximum Gasteiger partial charge on any atom is 0.327 e. The number of nitrogens with zero attached hydrogens (tertiary/aromatic N) is 6. The van der Waals surface area contributed by atoms with Crippen LogP contribution in [0.4, 0.5) is 0 Å². The van der Waals surface area contributed by atoms with Gasteiger partial charge < -0.3 is 17.8 Å². The van der Waals surface area contributed by atoms with Crippen LogP contribution >= 0.6 is 0 Å². The second-order valence-corrected chi connectivity index (χ2v) is 19.1. The van der Waals surface area contributed by atoms with Gasteiger partial charge in [0.2, 0.25) is 11.8 Å². The SMILES string of the molecule is [C-]#[N+]/C(c1nc2ccc(C)cc2o1)=c1\c2c(C3CCCC3)n(B(c3ccccc3)c3ccccc3)/c(=C(/C#N)c3nc4ccc(C)cc4o3)c2c(-c2ccccc2C)n1B(c1ccccc1)c1ccccc1. The Morgan fingerprint density at radius 1 is 0.583 bits per heavy atom. The quantitative estimate of drug-likeness (QED) is 0.101. The predicted molar refractivity (Wildman–Crippen MR) is 292 cm³/mol. The first-order valence-electron chi connectivity index (χ1n) is 24.7. The monoisotopic (exact) mass is 930 g/mol. The molecular weight excluding hydrogens is 882 g/mol. The Bertz CT molecular complexity index is 3880. The van der Waals surface area contributed by atoms with Gasteiger partial charge in [-0.3, -0.25) is 0 Å². The average Bonchev–Trinajstić information content (AvgIpc) is 4.27.